The molecule has 0 unspecified atom stereocenters. The van der Waals surface area contributed by atoms with Crippen molar-refractivity contribution >= 4 is 5.97 Å². The second kappa shape index (κ2) is 6.36. The minimum Gasteiger partial charge on any atom is -0.460 e. The molecule has 1 saturated heterocycles. The van der Waals surface area contributed by atoms with E-state index in [-0.39, 0.29) is 5.97 Å². The fourth-order valence-corrected chi connectivity index (χ4v) is 1.85. The Bertz CT molecular complexity index is 240. The van der Waals surface area contributed by atoms with Crippen molar-refractivity contribution in [3.05, 3.63) is 0 Å². The van der Waals surface area contributed by atoms with E-state index in [1.54, 1.807) is 0 Å². The van der Waals surface area contributed by atoms with Crippen molar-refractivity contribution < 1.29 is 14.3 Å². The molecule has 4 nitrogen and oxygen atoms in total. The normalized spacial score (nSPS) is 19.3. The third kappa shape index (κ3) is 6.64. The molecule has 0 saturated carbocycles. The third-order valence-electron chi connectivity index (χ3n) is 2.75. The number of hydrogen-bond donors (Lipinski definition) is 0. The summed E-state index contributed by atoms with van der Waals surface area (Å²) >= 11 is 0. The van der Waals surface area contributed by atoms with Crippen molar-refractivity contribution in [2.75, 3.05) is 26.7 Å². The number of carbonyl (C=O) groups is 1. The highest BCUT2D eigenvalue weighted by molar-refractivity contribution is 5.69. The van der Waals surface area contributed by atoms with Crippen LogP contribution in [0.3, 0.4) is 0 Å². The molecule has 1 aliphatic rings. The summed E-state index contributed by atoms with van der Waals surface area (Å²) in [6, 6.07) is 0. The van der Waals surface area contributed by atoms with E-state index in [2.05, 4.69) is 11.9 Å². The van der Waals surface area contributed by atoms with E-state index in [4.69, 9.17) is 9.47 Å². The van der Waals surface area contributed by atoms with Crippen LogP contribution in [0.1, 0.15) is 40.0 Å². The molecule has 0 N–H and O–H groups in total. The summed E-state index contributed by atoms with van der Waals surface area (Å²) in [5.41, 5.74) is -0.398. The van der Waals surface area contributed by atoms with E-state index in [9.17, 15) is 4.79 Å². The fraction of sp³-hybridized carbons (Fsp3) is 0.923. The number of rotatable bonds is 4. The van der Waals surface area contributed by atoms with Crippen LogP contribution in [0.5, 0.6) is 0 Å². The zero-order valence-corrected chi connectivity index (χ0v) is 11.5. The Kier molecular flexibility index (Phi) is 5.40. The monoisotopic (exact) mass is 243 g/mol. The van der Waals surface area contributed by atoms with Crippen LogP contribution in [-0.4, -0.2) is 49.3 Å². The summed E-state index contributed by atoms with van der Waals surface area (Å²) in [6.07, 6.45) is 2.79. The Hall–Kier alpha value is -0.610. The Morgan fingerprint density at radius 3 is 2.41 bits per heavy atom. The first-order chi connectivity index (χ1) is 7.87. The molecule has 0 radical (unpaired) electrons. The molecular formula is C13H25NO3. The van der Waals surface area contributed by atoms with E-state index in [0.717, 1.165) is 25.9 Å². The molecule has 1 aliphatic heterocycles. The molecule has 0 amide bonds. The third-order valence-corrected chi connectivity index (χ3v) is 2.75. The lowest BCUT2D eigenvalue weighted by molar-refractivity contribution is -0.156. The Morgan fingerprint density at radius 2 is 1.88 bits per heavy atom. The second-order valence-electron chi connectivity index (χ2n) is 5.71. The average molecular weight is 243 g/mol. The standard InChI is InChI=1S/C13H25NO3/c1-13(2,3)17-12(15)7-10-16-11-5-8-14(4)9-6-11/h11H,5-10H2,1-4H3. The van der Waals surface area contributed by atoms with Crippen molar-refractivity contribution in [2.45, 2.75) is 51.7 Å². The smallest absolute Gasteiger partial charge is 0.308 e. The maximum absolute atomic E-state index is 11.4. The molecule has 1 rings (SSSR count). The van der Waals surface area contributed by atoms with Crippen LogP contribution in [0.2, 0.25) is 0 Å². The van der Waals surface area contributed by atoms with Gasteiger partial charge >= 0.3 is 5.97 Å². The fourth-order valence-electron chi connectivity index (χ4n) is 1.85. The van der Waals surface area contributed by atoms with Crippen LogP contribution in [0.25, 0.3) is 0 Å². The van der Waals surface area contributed by atoms with Gasteiger partial charge in [-0.3, -0.25) is 4.79 Å². The molecule has 0 aromatic rings. The van der Waals surface area contributed by atoms with Gasteiger partial charge in [0.25, 0.3) is 0 Å². The van der Waals surface area contributed by atoms with Crippen LogP contribution in [-0.2, 0) is 14.3 Å². The Morgan fingerprint density at radius 1 is 1.29 bits per heavy atom. The van der Waals surface area contributed by atoms with Gasteiger partial charge in [0.1, 0.15) is 5.60 Å². The lowest BCUT2D eigenvalue weighted by Gasteiger charge is -2.28. The molecular weight excluding hydrogens is 218 g/mol. The Balaban J connectivity index is 2.09. The van der Waals surface area contributed by atoms with Gasteiger partial charge < -0.3 is 14.4 Å². The van der Waals surface area contributed by atoms with Crippen molar-refractivity contribution in [3.63, 3.8) is 0 Å². The largest absolute Gasteiger partial charge is 0.460 e. The minimum absolute atomic E-state index is 0.176. The maximum atomic E-state index is 11.4. The van der Waals surface area contributed by atoms with E-state index in [0.29, 0.717) is 19.1 Å². The average Bonchev–Trinajstić information content (AvgIpc) is 2.18. The van der Waals surface area contributed by atoms with Crippen LogP contribution in [0.15, 0.2) is 0 Å². The second-order valence-corrected chi connectivity index (χ2v) is 5.71. The van der Waals surface area contributed by atoms with Gasteiger partial charge in [0, 0.05) is 13.1 Å². The first-order valence-corrected chi connectivity index (χ1v) is 6.39. The van der Waals surface area contributed by atoms with E-state index >= 15 is 0 Å². The molecule has 1 heterocycles. The number of hydrogen-bond acceptors (Lipinski definition) is 4. The predicted octanol–water partition coefficient (Wildman–Crippen LogP) is 1.83. The lowest BCUT2D eigenvalue weighted by atomic mass is 10.1. The Labute approximate surface area is 104 Å². The van der Waals surface area contributed by atoms with Gasteiger partial charge in [-0.25, -0.2) is 0 Å². The van der Waals surface area contributed by atoms with Crippen molar-refractivity contribution in [2.24, 2.45) is 0 Å². The SMILES string of the molecule is CN1CCC(OCCC(=O)OC(C)(C)C)CC1. The van der Waals surface area contributed by atoms with Gasteiger partial charge in [-0.2, -0.15) is 0 Å². The molecule has 4 heteroatoms. The van der Waals surface area contributed by atoms with Gasteiger partial charge in [0.05, 0.1) is 19.1 Å². The first-order valence-electron chi connectivity index (χ1n) is 6.39. The predicted molar refractivity (Wildman–Crippen MR) is 66.9 cm³/mol. The highest BCUT2D eigenvalue weighted by Crippen LogP contribution is 2.13. The lowest BCUT2D eigenvalue weighted by Crippen LogP contribution is -2.34. The van der Waals surface area contributed by atoms with Crippen LogP contribution >= 0.6 is 0 Å². The number of likely N-dealkylation sites (tertiary alicyclic amines) is 1. The summed E-state index contributed by atoms with van der Waals surface area (Å²) in [6.45, 7) is 8.27. The van der Waals surface area contributed by atoms with Crippen LogP contribution in [0, 0.1) is 0 Å². The quantitative estimate of drug-likeness (QED) is 0.706. The van der Waals surface area contributed by atoms with Gasteiger partial charge in [-0.15, -0.1) is 0 Å². The first kappa shape index (κ1) is 14.5. The van der Waals surface area contributed by atoms with Crippen LogP contribution in [0.4, 0.5) is 0 Å². The van der Waals surface area contributed by atoms with Gasteiger partial charge in [-0.05, 0) is 40.7 Å². The molecule has 100 valence electrons. The summed E-state index contributed by atoms with van der Waals surface area (Å²) in [5.74, 6) is -0.176. The van der Waals surface area contributed by atoms with Gasteiger partial charge in [-0.1, -0.05) is 0 Å². The van der Waals surface area contributed by atoms with Crippen molar-refractivity contribution in [3.8, 4) is 0 Å². The van der Waals surface area contributed by atoms with Gasteiger partial charge in [0.15, 0.2) is 0 Å². The maximum Gasteiger partial charge on any atom is 0.308 e. The zero-order valence-electron chi connectivity index (χ0n) is 11.5. The molecule has 0 spiro atoms. The minimum atomic E-state index is -0.398. The molecule has 0 aliphatic carbocycles. The number of nitrogens with zero attached hydrogens (tertiary/aromatic N) is 1. The number of carbonyl (C=O) groups excluding carboxylic acids is 1. The zero-order chi connectivity index (χ0) is 12.9. The molecule has 1 fully saturated rings. The summed E-state index contributed by atoms with van der Waals surface area (Å²) in [5, 5.41) is 0. The molecule has 0 bridgehead atoms. The van der Waals surface area contributed by atoms with Crippen molar-refractivity contribution in [1.82, 2.24) is 4.90 Å². The number of ether oxygens (including phenoxy) is 2. The van der Waals surface area contributed by atoms with E-state index in [1.807, 2.05) is 20.8 Å². The number of esters is 1. The molecule has 0 atom stereocenters. The van der Waals surface area contributed by atoms with Crippen molar-refractivity contribution in [1.29, 1.82) is 0 Å². The highest BCUT2D eigenvalue weighted by atomic mass is 16.6. The van der Waals surface area contributed by atoms with Gasteiger partial charge in [0.2, 0.25) is 0 Å². The topological polar surface area (TPSA) is 38.8 Å². The summed E-state index contributed by atoms with van der Waals surface area (Å²) in [7, 11) is 2.12. The number of piperidine rings is 1. The molecule has 0 aromatic carbocycles. The highest BCUT2D eigenvalue weighted by Gasteiger charge is 2.19. The molecule has 17 heavy (non-hydrogen) atoms. The van der Waals surface area contributed by atoms with Crippen LogP contribution < -0.4 is 0 Å². The summed E-state index contributed by atoms with van der Waals surface area (Å²) in [4.78, 5) is 13.7. The summed E-state index contributed by atoms with van der Waals surface area (Å²) < 4.78 is 10.9. The van der Waals surface area contributed by atoms with E-state index in [1.165, 1.54) is 0 Å². The van der Waals surface area contributed by atoms with E-state index < -0.39 is 5.60 Å². The molecule has 0 aromatic heterocycles.